The molecule has 1 radical (unpaired) electrons. The Bertz CT molecular complexity index is 322. The minimum absolute atomic E-state index is 0.0567. The topological polar surface area (TPSA) is 49.0 Å². The molecule has 0 aliphatic carbocycles. The standard InChI is InChI=1S/C11H14NO2/c1-11(2,3)10(14)12-8-4-6-9(13)7-5-8/h4-7H,1-3H3,(H,12,14). The van der Waals surface area contributed by atoms with Gasteiger partial charge in [-0.1, -0.05) is 20.8 Å². The van der Waals surface area contributed by atoms with Crippen molar-refractivity contribution >= 4 is 11.6 Å². The predicted octanol–water partition coefficient (Wildman–Crippen LogP) is 2.82. The lowest BCUT2D eigenvalue weighted by Gasteiger charge is -2.17. The lowest BCUT2D eigenvalue weighted by Crippen LogP contribution is -2.27. The van der Waals surface area contributed by atoms with Gasteiger partial charge < -0.3 is 5.32 Å². The molecule has 1 rings (SSSR count). The summed E-state index contributed by atoms with van der Waals surface area (Å²) in [4.78, 5) is 11.5. The van der Waals surface area contributed by atoms with Crippen LogP contribution in [0.3, 0.4) is 0 Å². The van der Waals surface area contributed by atoms with E-state index in [1.54, 1.807) is 12.1 Å². The van der Waals surface area contributed by atoms with Crippen LogP contribution in [0.1, 0.15) is 20.8 Å². The molecule has 0 unspecified atom stereocenters. The zero-order valence-corrected chi connectivity index (χ0v) is 8.63. The Kier molecular flexibility index (Phi) is 2.79. The summed E-state index contributed by atoms with van der Waals surface area (Å²) in [6.07, 6.45) is 0. The van der Waals surface area contributed by atoms with Crippen LogP contribution in [0.5, 0.6) is 5.75 Å². The van der Waals surface area contributed by atoms with E-state index in [-0.39, 0.29) is 11.7 Å². The van der Waals surface area contributed by atoms with Crippen LogP contribution in [0.25, 0.3) is 0 Å². The summed E-state index contributed by atoms with van der Waals surface area (Å²) in [5.41, 5.74) is 0.236. The summed E-state index contributed by atoms with van der Waals surface area (Å²) >= 11 is 0. The van der Waals surface area contributed by atoms with E-state index in [0.29, 0.717) is 5.69 Å². The fraction of sp³-hybridized carbons (Fsp3) is 0.364. The van der Waals surface area contributed by atoms with Crippen molar-refractivity contribution in [2.24, 2.45) is 5.41 Å². The van der Waals surface area contributed by atoms with Crippen LogP contribution in [0, 0.1) is 5.41 Å². The molecule has 0 fully saturated rings. The number of nitrogens with one attached hydrogen (secondary N) is 1. The van der Waals surface area contributed by atoms with Gasteiger partial charge in [0.2, 0.25) is 5.91 Å². The fourth-order valence-electron chi connectivity index (χ4n) is 0.857. The van der Waals surface area contributed by atoms with Gasteiger partial charge in [-0.05, 0) is 24.3 Å². The number of amides is 1. The third kappa shape index (κ3) is 2.76. The van der Waals surface area contributed by atoms with E-state index >= 15 is 0 Å². The van der Waals surface area contributed by atoms with Crippen molar-refractivity contribution in [3.8, 4) is 5.75 Å². The van der Waals surface area contributed by atoms with Crippen molar-refractivity contribution in [2.45, 2.75) is 20.8 Å². The average molecular weight is 192 g/mol. The normalized spacial score (nSPS) is 11.1. The zero-order valence-electron chi connectivity index (χ0n) is 8.63. The van der Waals surface area contributed by atoms with Gasteiger partial charge in [0.1, 0.15) is 0 Å². The first kappa shape index (κ1) is 10.6. The van der Waals surface area contributed by atoms with Crippen molar-refractivity contribution in [1.29, 1.82) is 0 Å². The summed E-state index contributed by atoms with van der Waals surface area (Å²) in [5, 5.41) is 13.5. The van der Waals surface area contributed by atoms with Crippen molar-refractivity contribution in [2.75, 3.05) is 5.32 Å². The van der Waals surface area contributed by atoms with Crippen LogP contribution in [0.15, 0.2) is 24.3 Å². The Morgan fingerprint density at radius 1 is 1.14 bits per heavy atom. The van der Waals surface area contributed by atoms with E-state index in [1.165, 1.54) is 12.1 Å². The van der Waals surface area contributed by atoms with Gasteiger partial charge in [0.15, 0.2) is 5.75 Å². The Balaban J connectivity index is 2.71. The molecule has 0 atom stereocenters. The molecule has 14 heavy (non-hydrogen) atoms. The molecular formula is C11H14NO2. The molecule has 0 aliphatic rings. The van der Waals surface area contributed by atoms with Gasteiger partial charge in [-0.3, -0.25) is 9.90 Å². The van der Waals surface area contributed by atoms with Crippen molar-refractivity contribution in [1.82, 2.24) is 0 Å². The highest BCUT2D eigenvalue weighted by atomic mass is 16.3. The molecule has 0 heterocycles. The van der Waals surface area contributed by atoms with Crippen molar-refractivity contribution in [3.63, 3.8) is 0 Å². The molecule has 1 amide bonds. The number of hydrogen-bond donors (Lipinski definition) is 1. The van der Waals surface area contributed by atoms with Crippen molar-refractivity contribution < 1.29 is 9.90 Å². The van der Waals surface area contributed by atoms with Gasteiger partial charge >= 0.3 is 0 Å². The molecule has 75 valence electrons. The third-order valence-electron chi connectivity index (χ3n) is 1.79. The molecule has 0 bridgehead atoms. The van der Waals surface area contributed by atoms with Gasteiger partial charge in [0.25, 0.3) is 0 Å². The highest BCUT2D eigenvalue weighted by Crippen LogP contribution is 2.19. The Labute approximate surface area is 83.8 Å². The average Bonchev–Trinajstić information content (AvgIpc) is 2.07. The van der Waals surface area contributed by atoms with Gasteiger partial charge in [-0.2, -0.15) is 0 Å². The molecule has 0 aliphatic heterocycles. The Morgan fingerprint density at radius 2 is 1.64 bits per heavy atom. The minimum Gasteiger partial charge on any atom is -0.326 e. The number of carbonyl (C=O) groups is 1. The number of benzene rings is 1. The molecule has 1 N–H and O–H groups in total. The van der Waals surface area contributed by atoms with Crippen LogP contribution < -0.4 is 5.32 Å². The first-order chi connectivity index (χ1) is 6.39. The SMILES string of the molecule is CC(C)(C)C(=O)Nc1ccc([O])cc1. The summed E-state index contributed by atoms with van der Waals surface area (Å²) in [5.74, 6) is -0.116. The maximum atomic E-state index is 11.5. The largest absolute Gasteiger partial charge is 0.326 e. The predicted molar refractivity (Wildman–Crippen MR) is 54.7 cm³/mol. The van der Waals surface area contributed by atoms with E-state index in [4.69, 9.17) is 0 Å². The molecule has 3 nitrogen and oxygen atoms in total. The third-order valence-corrected chi connectivity index (χ3v) is 1.79. The molecule has 3 heteroatoms. The maximum absolute atomic E-state index is 11.5. The second-order valence-electron chi connectivity index (χ2n) is 4.23. The number of carbonyl (C=O) groups excluding carboxylic acids is 1. The summed E-state index contributed by atoms with van der Waals surface area (Å²) < 4.78 is 0. The highest BCUT2D eigenvalue weighted by molar-refractivity contribution is 5.94. The summed E-state index contributed by atoms with van der Waals surface area (Å²) in [7, 11) is 0. The maximum Gasteiger partial charge on any atom is 0.229 e. The molecular weight excluding hydrogens is 178 g/mol. The monoisotopic (exact) mass is 192 g/mol. The van der Waals surface area contributed by atoms with Crippen LogP contribution in [-0.2, 0) is 9.90 Å². The van der Waals surface area contributed by atoms with Crippen molar-refractivity contribution in [3.05, 3.63) is 24.3 Å². The highest BCUT2D eigenvalue weighted by Gasteiger charge is 2.20. The lowest BCUT2D eigenvalue weighted by molar-refractivity contribution is -0.123. The van der Waals surface area contributed by atoms with Crippen LogP contribution >= 0.6 is 0 Å². The van der Waals surface area contributed by atoms with Gasteiger partial charge in [-0.25, -0.2) is 0 Å². The van der Waals surface area contributed by atoms with E-state index in [1.807, 2.05) is 20.8 Å². The molecule has 0 spiro atoms. The Hall–Kier alpha value is -1.51. The second kappa shape index (κ2) is 3.70. The first-order valence-electron chi connectivity index (χ1n) is 4.48. The summed E-state index contributed by atoms with van der Waals surface area (Å²) in [6.45, 7) is 5.51. The second-order valence-corrected chi connectivity index (χ2v) is 4.23. The molecule has 1 aromatic carbocycles. The lowest BCUT2D eigenvalue weighted by atomic mass is 9.95. The quantitative estimate of drug-likeness (QED) is 0.730. The Morgan fingerprint density at radius 3 is 2.07 bits per heavy atom. The minimum atomic E-state index is -0.420. The number of hydrogen-bond acceptors (Lipinski definition) is 1. The van der Waals surface area contributed by atoms with Crippen LogP contribution in [0.2, 0.25) is 0 Å². The van der Waals surface area contributed by atoms with E-state index in [9.17, 15) is 9.90 Å². The summed E-state index contributed by atoms with van der Waals surface area (Å²) in [6, 6.07) is 6.06. The van der Waals surface area contributed by atoms with E-state index in [0.717, 1.165) is 0 Å². The molecule has 0 saturated heterocycles. The van der Waals surface area contributed by atoms with E-state index in [2.05, 4.69) is 5.32 Å². The van der Waals surface area contributed by atoms with Gasteiger partial charge in [0.05, 0.1) is 0 Å². The molecule has 0 saturated carbocycles. The van der Waals surface area contributed by atoms with Gasteiger partial charge in [0, 0.05) is 11.1 Å². The van der Waals surface area contributed by atoms with Crippen LogP contribution in [0.4, 0.5) is 5.69 Å². The molecule has 1 aromatic rings. The van der Waals surface area contributed by atoms with Gasteiger partial charge in [-0.15, -0.1) is 0 Å². The first-order valence-corrected chi connectivity index (χ1v) is 4.48. The number of anilines is 1. The smallest absolute Gasteiger partial charge is 0.229 e. The van der Waals surface area contributed by atoms with E-state index < -0.39 is 5.41 Å². The number of rotatable bonds is 1. The zero-order chi connectivity index (χ0) is 10.8. The van der Waals surface area contributed by atoms with Crippen LogP contribution in [-0.4, -0.2) is 5.91 Å². The fourth-order valence-corrected chi connectivity index (χ4v) is 0.857. The molecule has 0 aromatic heterocycles.